The molecule has 0 atom stereocenters. The number of rotatable bonds is 7. The van der Waals surface area contributed by atoms with Crippen LogP contribution in [0.3, 0.4) is 0 Å². The van der Waals surface area contributed by atoms with Gasteiger partial charge in [-0.15, -0.1) is 0 Å². The summed E-state index contributed by atoms with van der Waals surface area (Å²) in [6.07, 6.45) is 0.0531. The molecule has 1 amide bonds. The molecule has 0 bridgehead atoms. The summed E-state index contributed by atoms with van der Waals surface area (Å²) >= 11 is 0. The normalized spacial score (nSPS) is 10.2. The lowest BCUT2D eigenvalue weighted by Crippen LogP contribution is -2.34. The summed E-state index contributed by atoms with van der Waals surface area (Å²) in [5, 5.41) is 8.74. The van der Waals surface area contributed by atoms with Crippen molar-refractivity contribution >= 4 is 23.3 Å². The van der Waals surface area contributed by atoms with Crippen molar-refractivity contribution in [2.45, 2.75) is 12.8 Å². The SMILES string of the molecule is COCCC(=O)N(CCC(=O)O)c1ccccc1N. The van der Waals surface area contributed by atoms with Crippen molar-refractivity contribution in [1.29, 1.82) is 0 Å². The van der Waals surface area contributed by atoms with Crippen molar-refractivity contribution in [3.05, 3.63) is 24.3 Å². The number of hydrogen-bond acceptors (Lipinski definition) is 4. The van der Waals surface area contributed by atoms with Crippen molar-refractivity contribution in [3.8, 4) is 0 Å². The van der Waals surface area contributed by atoms with Crippen LogP contribution in [-0.4, -0.2) is 37.2 Å². The minimum absolute atomic E-state index is 0.0894. The van der Waals surface area contributed by atoms with E-state index in [0.29, 0.717) is 11.4 Å². The third-order valence-corrected chi connectivity index (χ3v) is 2.60. The fourth-order valence-electron chi connectivity index (χ4n) is 1.64. The molecule has 6 nitrogen and oxygen atoms in total. The molecule has 19 heavy (non-hydrogen) atoms. The van der Waals surface area contributed by atoms with Crippen molar-refractivity contribution in [2.24, 2.45) is 0 Å². The van der Waals surface area contributed by atoms with Gasteiger partial charge in [0.15, 0.2) is 0 Å². The van der Waals surface area contributed by atoms with Gasteiger partial charge in [-0.25, -0.2) is 0 Å². The Morgan fingerprint density at radius 1 is 1.32 bits per heavy atom. The topological polar surface area (TPSA) is 92.9 Å². The first-order chi connectivity index (χ1) is 9.06. The van der Waals surface area contributed by atoms with Gasteiger partial charge >= 0.3 is 5.97 Å². The first kappa shape index (κ1) is 15.0. The number of para-hydroxylation sites is 2. The number of carbonyl (C=O) groups excluding carboxylic acids is 1. The van der Waals surface area contributed by atoms with E-state index in [1.165, 1.54) is 12.0 Å². The molecule has 1 aromatic rings. The Labute approximate surface area is 111 Å². The Hall–Kier alpha value is -2.08. The Morgan fingerprint density at radius 3 is 2.58 bits per heavy atom. The maximum Gasteiger partial charge on any atom is 0.305 e. The zero-order valence-corrected chi connectivity index (χ0v) is 10.8. The summed E-state index contributed by atoms with van der Waals surface area (Å²) in [4.78, 5) is 24.1. The predicted octanol–water partition coefficient (Wildman–Crippen LogP) is 1.11. The lowest BCUT2D eigenvalue weighted by atomic mass is 10.2. The minimum Gasteiger partial charge on any atom is -0.481 e. The van der Waals surface area contributed by atoms with E-state index >= 15 is 0 Å². The Kier molecular flexibility index (Phi) is 5.81. The number of carbonyl (C=O) groups is 2. The van der Waals surface area contributed by atoms with Crippen LogP contribution < -0.4 is 10.6 Å². The average Bonchev–Trinajstić information content (AvgIpc) is 2.38. The minimum atomic E-state index is -0.959. The van der Waals surface area contributed by atoms with Gasteiger partial charge in [-0.3, -0.25) is 9.59 Å². The Bertz CT molecular complexity index is 448. The molecule has 0 saturated heterocycles. The number of carboxylic acids is 1. The van der Waals surface area contributed by atoms with Gasteiger partial charge < -0.3 is 20.5 Å². The summed E-state index contributed by atoms with van der Waals surface area (Å²) in [6.45, 7) is 0.376. The molecule has 0 aliphatic heterocycles. The van der Waals surface area contributed by atoms with Gasteiger partial charge in [0.1, 0.15) is 0 Å². The monoisotopic (exact) mass is 266 g/mol. The quantitative estimate of drug-likeness (QED) is 0.721. The van der Waals surface area contributed by atoms with Crippen LogP contribution in [0.5, 0.6) is 0 Å². The van der Waals surface area contributed by atoms with Crippen LogP contribution in [0.4, 0.5) is 11.4 Å². The summed E-state index contributed by atoms with van der Waals surface area (Å²) in [6, 6.07) is 6.88. The van der Waals surface area contributed by atoms with E-state index in [0.717, 1.165) is 0 Å². The standard InChI is InChI=1S/C13H18N2O4/c1-19-9-7-12(16)15(8-6-13(17)18)11-5-3-2-4-10(11)14/h2-5H,6-9,14H2,1H3,(H,17,18). The molecule has 1 rings (SSSR count). The van der Waals surface area contributed by atoms with Crippen LogP contribution in [-0.2, 0) is 14.3 Å². The second kappa shape index (κ2) is 7.38. The van der Waals surface area contributed by atoms with E-state index in [1.807, 2.05) is 0 Å². The molecule has 0 unspecified atom stereocenters. The first-order valence-electron chi connectivity index (χ1n) is 5.92. The van der Waals surface area contributed by atoms with Crippen LogP contribution in [0.15, 0.2) is 24.3 Å². The predicted molar refractivity (Wildman–Crippen MR) is 72.0 cm³/mol. The zero-order chi connectivity index (χ0) is 14.3. The molecule has 3 N–H and O–H groups in total. The smallest absolute Gasteiger partial charge is 0.305 e. The molecule has 0 aliphatic carbocycles. The number of nitrogens with two attached hydrogens (primary N) is 1. The van der Waals surface area contributed by atoms with E-state index in [2.05, 4.69) is 0 Å². The van der Waals surface area contributed by atoms with Gasteiger partial charge in [-0.1, -0.05) is 12.1 Å². The second-order valence-corrected chi connectivity index (χ2v) is 3.99. The maximum atomic E-state index is 12.1. The molecule has 0 fully saturated rings. The van der Waals surface area contributed by atoms with Crippen molar-refractivity contribution in [3.63, 3.8) is 0 Å². The number of ether oxygens (including phenoxy) is 1. The maximum absolute atomic E-state index is 12.1. The molecule has 0 heterocycles. The molecule has 0 aromatic heterocycles. The van der Waals surface area contributed by atoms with E-state index in [9.17, 15) is 9.59 Å². The van der Waals surface area contributed by atoms with Crippen molar-refractivity contribution < 1.29 is 19.4 Å². The largest absolute Gasteiger partial charge is 0.481 e. The highest BCUT2D eigenvalue weighted by Gasteiger charge is 2.18. The number of nitrogens with zero attached hydrogens (tertiary/aromatic N) is 1. The van der Waals surface area contributed by atoms with Gasteiger partial charge in [0, 0.05) is 13.7 Å². The highest BCUT2D eigenvalue weighted by atomic mass is 16.5. The van der Waals surface area contributed by atoms with Crippen LogP contribution in [0.2, 0.25) is 0 Å². The fraction of sp³-hybridized carbons (Fsp3) is 0.385. The number of methoxy groups -OCH3 is 1. The number of carboxylic acid groups (broad SMARTS) is 1. The lowest BCUT2D eigenvalue weighted by molar-refractivity contribution is -0.136. The molecular formula is C13H18N2O4. The summed E-state index contributed by atoms with van der Waals surface area (Å²) in [5.41, 5.74) is 6.80. The van der Waals surface area contributed by atoms with Gasteiger partial charge in [-0.05, 0) is 12.1 Å². The summed E-state index contributed by atoms with van der Waals surface area (Å²) < 4.78 is 4.86. The zero-order valence-electron chi connectivity index (χ0n) is 10.8. The van der Waals surface area contributed by atoms with Crippen LogP contribution in [0.25, 0.3) is 0 Å². The van der Waals surface area contributed by atoms with Gasteiger partial charge in [0.25, 0.3) is 0 Å². The molecule has 0 spiro atoms. The van der Waals surface area contributed by atoms with Crippen molar-refractivity contribution in [1.82, 2.24) is 0 Å². The number of amides is 1. The van der Waals surface area contributed by atoms with Crippen LogP contribution in [0, 0.1) is 0 Å². The summed E-state index contributed by atoms with van der Waals surface area (Å²) in [5.74, 6) is -1.17. The highest BCUT2D eigenvalue weighted by molar-refractivity contribution is 5.96. The van der Waals surface area contributed by atoms with E-state index in [-0.39, 0.29) is 31.9 Å². The molecule has 104 valence electrons. The Balaban J connectivity index is 2.88. The molecular weight excluding hydrogens is 248 g/mol. The first-order valence-corrected chi connectivity index (χ1v) is 5.92. The molecule has 0 radical (unpaired) electrons. The molecule has 1 aromatic carbocycles. The second-order valence-electron chi connectivity index (χ2n) is 3.99. The number of hydrogen-bond donors (Lipinski definition) is 2. The third kappa shape index (κ3) is 4.59. The van der Waals surface area contributed by atoms with E-state index in [4.69, 9.17) is 15.6 Å². The van der Waals surface area contributed by atoms with Gasteiger partial charge in [-0.2, -0.15) is 0 Å². The number of nitrogen functional groups attached to an aromatic ring is 1. The van der Waals surface area contributed by atoms with E-state index in [1.54, 1.807) is 24.3 Å². The molecule has 0 aliphatic rings. The van der Waals surface area contributed by atoms with Crippen LogP contribution in [0.1, 0.15) is 12.8 Å². The number of aliphatic carboxylic acids is 1. The average molecular weight is 266 g/mol. The Morgan fingerprint density at radius 2 is 2.00 bits per heavy atom. The van der Waals surface area contributed by atoms with E-state index < -0.39 is 5.97 Å². The number of anilines is 2. The van der Waals surface area contributed by atoms with Gasteiger partial charge in [0.05, 0.1) is 30.8 Å². The highest BCUT2D eigenvalue weighted by Crippen LogP contribution is 2.23. The van der Waals surface area contributed by atoms with Gasteiger partial charge in [0.2, 0.25) is 5.91 Å². The van der Waals surface area contributed by atoms with Crippen LogP contribution >= 0.6 is 0 Å². The lowest BCUT2D eigenvalue weighted by Gasteiger charge is -2.23. The molecule has 0 saturated carbocycles. The summed E-state index contributed by atoms with van der Waals surface area (Å²) in [7, 11) is 1.51. The molecule has 6 heteroatoms. The fourth-order valence-corrected chi connectivity index (χ4v) is 1.64. The van der Waals surface area contributed by atoms with Crippen molar-refractivity contribution in [2.75, 3.05) is 30.9 Å². The third-order valence-electron chi connectivity index (χ3n) is 2.60. The number of benzene rings is 1.